The third kappa shape index (κ3) is 1.88. The highest BCUT2D eigenvalue weighted by Crippen LogP contribution is 2.09. The molecule has 4 heteroatoms. The normalized spacial score (nSPS) is 10.2. The van der Waals surface area contributed by atoms with Crippen molar-refractivity contribution in [2.75, 3.05) is 5.43 Å². The minimum atomic E-state index is 0.336. The van der Waals surface area contributed by atoms with Crippen molar-refractivity contribution >= 4 is 5.82 Å². The van der Waals surface area contributed by atoms with E-state index < -0.39 is 0 Å². The van der Waals surface area contributed by atoms with Crippen LogP contribution in [0.2, 0.25) is 0 Å². The predicted octanol–water partition coefficient (Wildman–Crippen LogP) is 0.886. The molecule has 0 unspecified atom stereocenters. The molecule has 0 spiro atoms. The second-order valence-corrected chi connectivity index (χ2v) is 2.60. The van der Waals surface area contributed by atoms with Crippen LogP contribution in [0.4, 0.5) is 5.82 Å². The molecule has 60 valence electrons. The van der Waals surface area contributed by atoms with Gasteiger partial charge in [-0.05, 0) is 0 Å². The van der Waals surface area contributed by atoms with E-state index in [1.807, 2.05) is 13.8 Å². The molecule has 11 heavy (non-hydrogen) atoms. The lowest BCUT2D eigenvalue weighted by Crippen LogP contribution is -2.10. The number of rotatable bonds is 2. The second-order valence-electron chi connectivity index (χ2n) is 2.60. The predicted molar refractivity (Wildman–Crippen MR) is 43.9 cm³/mol. The maximum atomic E-state index is 5.18. The number of nitrogens with zero attached hydrogens (tertiary/aromatic N) is 2. The Morgan fingerprint density at radius 1 is 1.55 bits per heavy atom. The van der Waals surface area contributed by atoms with Gasteiger partial charge in [0.05, 0.1) is 0 Å². The highest BCUT2D eigenvalue weighted by Gasteiger charge is 2.01. The molecule has 4 nitrogen and oxygen atoms in total. The largest absolute Gasteiger partial charge is 0.308 e. The van der Waals surface area contributed by atoms with Crippen molar-refractivity contribution in [3.63, 3.8) is 0 Å². The highest BCUT2D eigenvalue weighted by atomic mass is 15.3. The van der Waals surface area contributed by atoms with Gasteiger partial charge in [0, 0.05) is 18.2 Å². The number of anilines is 1. The van der Waals surface area contributed by atoms with Crippen LogP contribution in [0.1, 0.15) is 25.6 Å². The number of nitrogens with one attached hydrogen (secondary N) is 1. The average Bonchev–Trinajstić information content (AvgIpc) is 2.05. The van der Waals surface area contributed by atoms with Gasteiger partial charge >= 0.3 is 0 Å². The fourth-order valence-corrected chi connectivity index (χ4v) is 0.732. The van der Waals surface area contributed by atoms with Crippen LogP contribution < -0.4 is 11.3 Å². The van der Waals surface area contributed by atoms with Crippen molar-refractivity contribution in [3.8, 4) is 0 Å². The summed E-state index contributed by atoms with van der Waals surface area (Å²) in [6.07, 6.45) is 1.69. The first-order chi connectivity index (χ1) is 5.24. The van der Waals surface area contributed by atoms with Crippen LogP contribution >= 0.6 is 0 Å². The summed E-state index contributed by atoms with van der Waals surface area (Å²) in [7, 11) is 0. The summed E-state index contributed by atoms with van der Waals surface area (Å²) in [5.74, 6) is 6.98. The number of aromatic nitrogens is 2. The Morgan fingerprint density at radius 3 is 2.82 bits per heavy atom. The lowest BCUT2D eigenvalue weighted by Gasteiger charge is -2.04. The van der Waals surface area contributed by atoms with Gasteiger partial charge in [0.2, 0.25) is 0 Å². The van der Waals surface area contributed by atoms with E-state index in [0.717, 1.165) is 5.82 Å². The van der Waals surface area contributed by atoms with Crippen LogP contribution in [0.5, 0.6) is 0 Å². The number of hydrazine groups is 1. The van der Waals surface area contributed by atoms with Gasteiger partial charge in [0.25, 0.3) is 0 Å². The zero-order valence-corrected chi connectivity index (χ0v) is 6.70. The third-order valence-electron chi connectivity index (χ3n) is 1.34. The van der Waals surface area contributed by atoms with Gasteiger partial charge in [-0.2, -0.15) is 0 Å². The van der Waals surface area contributed by atoms with Gasteiger partial charge in [-0.25, -0.2) is 15.8 Å². The van der Waals surface area contributed by atoms with Crippen LogP contribution in [0, 0.1) is 0 Å². The van der Waals surface area contributed by atoms with E-state index in [9.17, 15) is 0 Å². The zero-order valence-electron chi connectivity index (χ0n) is 6.70. The van der Waals surface area contributed by atoms with Crippen molar-refractivity contribution in [1.82, 2.24) is 9.97 Å². The first-order valence-electron chi connectivity index (χ1n) is 3.53. The van der Waals surface area contributed by atoms with Crippen molar-refractivity contribution in [1.29, 1.82) is 0 Å². The zero-order chi connectivity index (χ0) is 8.27. The van der Waals surface area contributed by atoms with Gasteiger partial charge in [-0.1, -0.05) is 13.8 Å². The molecule has 0 saturated carbocycles. The molecule has 3 N–H and O–H groups in total. The van der Waals surface area contributed by atoms with E-state index in [2.05, 4.69) is 15.4 Å². The van der Waals surface area contributed by atoms with E-state index in [1.54, 1.807) is 12.3 Å². The number of hydrogen-bond acceptors (Lipinski definition) is 4. The van der Waals surface area contributed by atoms with Crippen molar-refractivity contribution < 1.29 is 0 Å². The molecule has 0 bridgehead atoms. The molecular weight excluding hydrogens is 140 g/mol. The van der Waals surface area contributed by atoms with Crippen LogP contribution in [-0.4, -0.2) is 9.97 Å². The summed E-state index contributed by atoms with van der Waals surface area (Å²) in [5.41, 5.74) is 2.47. The molecule has 0 fully saturated rings. The Hall–Kier alpha value is -1.16. The number of nitrogen functional groups attached to an aromatic ring is 1. The molecule has 0 atom stereocenters. The monoisotopic (exact) mass is 152 g/mol. The maximum absolute atomic E-state index is 5.18. The minimum absolute atomic E-state index is 0.336. The molecule has 0 aliphatic rings. The minimum Gasteiger partial charge on any atom is -0.308 e. The van der Waals surface area contributed by atoms with Crippen LogP contribution in [0.25, 0.3) is 0 Å². The van der Waals surface area contributed by atoms with E-state index in [4.69, 9.17) is 5.84 Å². The molecule has 0 amide bonds. The summed E-state index contributed by atoms with van der Waals surface area (Å²) in [4.78, 5) is 8.22. The molecule has 0 radical (unpaired) electrons. The Labute approximate surface area is 65.8 Å². The molecule has 0 aliphatic heterocycles. The molecular formula is C7H12N4. The molecule has 1 heterocycles. The summed E-state index contributed by atoms with van der Waals surface area (Å²) in [6.45, 7) is 4.07. The average molecular weight is 152 g/mol. The quantitative estimate of drug-likeness (QED) is 0.488. The van der Waals surface area contributed by atoms with E-state index in [1.165, 1.54) is 0 Å². The summed E-state index contributed by atoms with van der Waals surface area (Å²) < 4.78 is 0. The Bertz CT molecular complexity index is 234. The SMILES string of the molecule is CC(C)c1nccc(NN)n1. The first-order valence-corrected chi connectivity index (χ1v) is 3.53. The fourth-order valence-electron chi connectivity index (χ4n) is 0.732. The molecule has 1 aromatic heterocycles. The number of hydrogen-bond donors (Lipinski definition) is 2. The van der Waals surface area contributed by atoms with Crippen molar-refractivity contribution in [2.45, 2.75) is 19.8 Å². The maximum Gasteiger partial charge on any atom is 0.143 e. The Kier molecular flexibility index (Phi) is 2.38. The third-order valence-corrected chi connectivity index (χ3v) is 1.34. The van der Waals surface area contributed by atoms with E-state index in [0.29, 0.717) is 11.7 Å². The van der Waals surface area contributed by atoms with Gasteiger partial charge in [0.15, 0.2) is 0 Å². The van der Waals surface area contributed by atoms with Crippen molar-refractivity contribution in [3.05, 3.63) is 18.1 Å². The Morgan fingerprint density at radius 2 is 2.27 bits per heavy atom. The van der Waals surface area contributed by atoms with Gasteiger partial charge < -0.3 is 5.43 Å². The topological polar surface area (TPSA) is 63.8 Å². The first kappa shape index (κ1) is 7.94. The van der Waals surface area contributed by atoms with E-state index >= 15 is 0 Å². The summed E-state index contributed by atoms with van der Waals surface area (Å²) in [5, 5.41) is 0. The van der Waals surface area contributed by atoms with Crippen LogP contribution in [-0.2, 0) is 0 Å². The van der Waals surface area contributed by atoms with E-state index in [-0.39, 0.29) is 0 Å². The van der Waals surface area contributed by atoms with Crippen molar-refractivity contribution in [2.24, 2.45) is 5.84 Å². The molecule has 0 aliphatic carbocycles. The molecule has 1 rings (SSSR count). The van der Waals surface area contributed by atoms with Gasteiger partial charge in [0.1, 0.15) is 11.6 Å². The lowest BCUT2D eigenvalue weighted by molar-refractivity contribution is 0.775. The lowest BCUT2D eigenvalue weighted by atomic mass is 10.2. The van der Waals surface area contributed by atoms with Crippen LogP contribution in [0.15, 0.2) is 12.3 Å². The van der Waals surface area contributed by atoms with Crippen LogP contribution in [0.3, 0.4) is 0 Å². The summed E-state index contributed by atoms with van der Waals surface area (Å²) >= 11 is 0. The molecule has 0 aromatic carbocycles. The van der Waals surface area contributed by atoms with Gasteiger partial charge in [-0.3, -0.25) is 0 Å². The standard InChI is InChI=1S/C7H12N4/c1-5(2)7-9-4-3-6(10-7)11-8/h3-5H,8H2,1-2H3,(H,9,10,11). The number of nitrogens with two attached hydrogens (primary N) is 1. The van der Waals surface area contributed by atoms with Gasteiger partial charge in [-0.15, -0.1) is 0 Å². The fraction of sp³-hybridized carbons (Fsp3) is 0.429. The second kappa shape index (κ2) is 3.30. The molecule has 1 aromatic rings. The highest BCUT2D eigenvalue weighted by molar-refractivity contribution is 5.30. The smallest absolute Gasteiger partial charge is 0.143 e. The Balaban J connectivity index is 2.91. The summed E-state index contributed by atoms with van der Waals surface area (Å²) in [6, 6.07) is 1.73. The molecule has 0 saturated heterocycles.